The minimum atomic E-state index is -0.895. The van der Waals surface area contributed by atoms with Crippen molar-refractivity contribution in [2.24, 2.45) is 39.4 Å². The predicted molar refractivity (Wildman–Crippen MR) is 137 cm³/mol. The molecule has 6 aliphatic rings. The van der Waals surface area contributed by atoms with Crippen LogP contribution in [-0.2, 0) is 19.1 Å². The molecule has 36 heavy (non-hydrogen) atoms. The van der Waals surface area contributed by atoms with Crippen LogP contribution in [-0.4, -0.2) is 35.4 Å². The lowest BCUT2D eigenvalue weighted by Gasteiger charge is -2.61. The Labute approximate surface area is 216 Å². The summed E-state index contributed by atoms with van der Waals surface area (Å²) in [4.78, 5) is 24.8. The molecule has 0 aromatic rings. The Balaban J connectivity index is 1.41. The number of allylic oxidation sites excluding steroid dienone is 2. The number of hydrogen-bond acceptors (Lipinski definition) is 5. The summed E-state index contributed by atoms with van der Waals surface area (Å²) in [7, 11) is 0. The number of rotatable bonds is 1. The Morgan fingerprint density at radius 2 is 1.72 bits per heavy atom. The number of ether oxygens (including phenoxy) is 2. The van der Waals surface area contributed by atoms with E-state index in [1.807, 2.05) is 20.8 Å². The zero-order valence-corrected chi connectivity index (χ0v) is 23.2. The van der Waals surface area contributed by atoms with Crippen molar-refractivity contribution in [2.45, 2.75) is 118 Å². The molecule has 1 spiro atoms. The molecule has 10 atom stereocenters. The Kier molecular flexibility index (Phi) is 5.07. The molecule has 4 aliphatic carbocycles. The maximum Gasteiger partial charge on any atom is 0.336 e. The summed E-state index contributed by atoms with van der Waals surface area (Å²) >= 11 is 0. The smallest absolute Gasteiger partial charge is 0.336 e. The van der Waals surface area contributed by atoms with Gasteiger partial charge in [0.2, 0.25) is 5.79 Å². The van der Waals surface area contributed by atoms with Crippen molar-refractivity contribution in [3.8, 4) is 0 Å². The second kappa shape index (κ2) is 7.34. The lowest BCUT2D eigenvalue weighted by molar-refractivity contribution is -0.262. The fourth-order valence-corrected chi connectivity index (χ4v) is 10.7. The van der Waals surface area contributed by atoms with Crippen LogP contribution in [0.4, 0.5) is 0 Å². The number of hydrogen-bond donors (Lipinski definition) is 1. The quantitative estimate of drug-likeness (QED) is 0.278. The normalized spacial score (nSPS) is 54.1. The van der Waals surface area contributed by atoms with Crippen molar-refractivity contribution in [2.75, 3.05) is 0 Å². The molecular formula is C31H44O5. The molecule has 2 heterocycles. The average Bonchev–Trinajstić information content (AvgIpc) is 3.18. The van der Waals surface area contributed by atoms with E-state index in [1.54, 1.807) is 11.1 Å². The molecule has 3 fully saturated rings. The first kappa shape index (κ1) is 24.9. The van der Waals surface area contributed by atoms with Crippen LogP contribution in [0.2, 0.25) is 0 Å². The molecule has 1 saturated heterocycles. The van der Waals surface area contributed by atoms with Crippen molar-refractivity contribution in [3.63, 3.8) is 0 Å². The van der Waals surface area contributed by atoms with Crippen LogP contribution in [0.5, 0.6) is 0 Å². The van der Waals surface area contributed by atoms with Crippen molar-refractivity contribution < 1.29 is 24.2 Å². The first-order chi connectivity index (χ1) is 16.8. The van der Waals surface area contributed by atoms with Gasteiger partial charge < -0.3 is 19.4 Å². The molecular weight excluding hydrogens is 452 g/mol. The van der Waals surface area contributed by atoms with E-state index >= 15 is 0 Å². The number of aliphatic hydroxyl groups excluding tert-OH is 1. The topological polar surface area (TPSA) is 72.8 Å². The Hall–Kier alpha value is -1.46. The molecule has 2 aliphatic heterocycles. The standard InChI is InChI=1S/C31H44O5/c1-17-14-31(19(3)18(2)26(34)36-31)35-22-15-30(7)21-8-9-23-27(4,12-11-24(33)28(23,5)16-32)20(21)10-13-29(30,6)25(17)22/h16-17,22-25,33H,8-15H2,1-7H3/t17-,22-,23?,24-,25+,27-,28+,29-,30+,31?/m1/s1. The van der Waals surface area contributed by atoms with Crippen LogP contribution in [0.1, 0.15) is 99.8 Å². The maximum absolute atomic E-state index is 12.5. The van der Waals surface area contributed by atoms with Gasteiger partial charge in [-0.25, -0.2) is 4.79 Å². The van der Waals surface area contributed by atoms with E-state index in [0.29, 0.717) is 23.8 Å². The molecule has 2 unspecified atom stereocenters. The van der Waals surface area contributed by atoms with Crippen molar-refractivity contribution >= 4 is 12.3 Å². The number of esters is 1. The number of carbonyl (C=O) groups excluding carboxylic acids is 2. The van der Waals surface area contributed by atoms with E-state index in [2.05, 4.69) is 27.7 Å². The highest BCUT2D eigenvalue weighted by atomic mass is 16.7. The van der Waals surface area contributed by atoms with Crippen molar-refractivity contribution in [3.05, 3.63) is 22.3 Å². The molecule has 5 nitrogen and oxygen atoms in total. The third-order valence-corrected chi connectivity index (χ3v) is 13.0. The van der Waals surface area contributed by atoms with Gasteiger partial charge in [-0.1, -0.05) is 45.8 Å². The van der Waals surface area contributed by atoms with E-state index in [-0.39, 0.29) is 34.2 Å². The summed E-state index contributed by atoms with van der Waals surface area (Å²) in [5, 5.41) is 10.8. The number of carbonyl (C=O) groups is 2. The second-order valence-corrected chi connectivity index (χ2v) is 14.2. The van der Waals surface area contributed by atoms with E-state index in [0.717, 1.165) is 56.8 Å². The van der Waals surface area contributed by atoms with Gasteiger partial charge in [-0.3, -0.25) is 0 Å². The van der Waals surface area contributed by atoms with Gasteiger partial charge in [-0.2, -0.15) is 0 Å². The van der Waals surface area contributed by atoms with E-state index < -0.39 is 17.3 Å². The third kappa shape index (κ3) is 2.70. The highest BCUT2D eigenvalue weighted by molar-refractivity contribution is 5.92. The number of aldehydes is 1. The van der Waals surface area contributed by atoms with Gasteiger partial charge in [0.1, 0.15) is 6.29 Å². The lowest BCUT2D eigenvalue weighted by atomic mass is 9.43. The SMILES string of the molecule is CC1=C(C)C2(C[C@@H](C)[C@H]3[C@@H](C[C@@]4(C)C5=C(CC[C@]34C)[C@@]3(C)CC[C@@H](O)[C@@](C)(C=O)C3CC5)O2)OC1=O. The molecule has 5 heteroatoms. The molecule has 6 rings (SSSR count). The lowest BCUT2D eigenvalue weighted by Crippen LogP contribution is -2.57. The van der Waals surface area contributed by atoms with Crippen molar-refractivity contribution in [1.82, 2.24) is 0 Å². The first-order valence-corrected chi connectivity index (χ1v) is 14.2. The van der Waals surface area contributed by atoms with Gasteiger partial charge in [0.05, 0.1) is 17.6 Å². The van der Waals surface area contributed by atoms with Crippen LogP contribution in [0.15, 0.2) is 22.3 Å². The molecule has 2 saturated carbocycles. The van der Waals surface area contributed by atoms with Gasteiger partial charge in [0.15, 0.2) is 0 Å². The highest BCUT2D eigenvalue weighted by Crippen LogP contribution is 2.74. The van der Waals surface area contributed by atoms with Crippen LogP contribution < -0.4 is 0 Å². The van der Waals surface area contributed by atoms with Gasteiger partial charge in [0, 0.05) is 17.6 Å². The van der Waals surface area contributed by atoms with Crippen LogP contribution in [0.3, 0.4) is 0 Å². The summed E-state index contributed by atoms with van der Waals surface area (Å²) in [6.45, 7) is 15.6. The van der Waals surface area contributed by atoms with Crippen LogP contribution in [0.25, 0.3) is 0 Å². The van der Waals surface area contributed by atoms with Crippen molar-refractivity contribution in [1.29, 1.82) is 0 Å². The Morgan fingerprint density at radius 3 is 2.36 bits per heavy atom. The molecule has 0 aromatic heterocycles. The summed E-state index contributed by atoms with van der Waals surface area (Å²) in [6, 6.07) is 0. The Morgan fingerprint density at radius 1 is 1.00 bits per heavy atom. The van der Waals surface area contributed by atoms with Gasteiger partial charge >= 0.3 is 5.97 Å². The average molecular weight is 497 g/mol. The summed E-state index contributed by atoms with van der Waals surface area (Å²) in [5.74, 6) is -0.127. The fourth-order valence-electron chi connectivity index (χ4n) is 10.7. The second-order valence-electron chi connectivity index (χ2n) is 14.2. The van der Waals surface area contributed by atoms with Gasteiger partial charge in [-0.15, -0.1) is 0 Å². The fraction of sp³-hybridized carbons (Fsp3) is 0.806. The molecule has 0 amide bonds. The molecule has 1 N–H and O–H groups in total. The molecule has 0 bridgehead atoms. The largest absolute Gasteiger partial charge is 0.426 e. The zero-order chi connectivity index (χ0) is 26.1. The molecule has 0 radical (unpaired) electrons. The predicted octanol–water partition coefficient (Wildman–Crippen LogP) is 5.90. The Bertz CT molecular complexity index is 1100. The highest BCUT2D eigenvalue weighted by Gasteiger charge is 2.69. The zero-order valence-electron chi connectivity index (χ0n) is 23.2. The number of fused-ring (bicyclic) bond motifs is 6. The third-order valence-electron chi connectivity index (χ3n) is 13.0. The minimum absolute atomic E-state index is 0.0204. The van der Waals surface area contributed by atoms with Gasteiger partial charge in [-0.05, 0) is 92.8 Å². The van der Waals surface area contributed by atoms with Gasteiger partial charge in [0.25, 0.3) is 0 Å². The molecule has 198 valence electrons. The summed E-state index contributed by atoms with van der Waals surface area (Å²) in [5.41, 5.74) is 4.28. The molecule has 0 aromatic carbocycles. The van der Waals surface area contributed by atoms with E-state index in [9.17, 15) is 14.7 Å². The number of aliphatic hydroxyl groups is 1. The van der Waals surface area contributed by atoms with E-state index in [4.69, 9.17) is 9.47 Å². The van der Waals surface area contributed by atoms with E-state index in [1.165, 1.54) is 0 Å². The maximum atomic E-state index is 12.5. The summed E-state index contributed by atoms with van der Waals surface area (Å²) in [6.07, 6.45) is 8.07. The summed E-state index contributed by atoms with van der Waals surface area (Å²) < 4.78 is 12.8. The van der Waals surface area contributed by atoms with Crippen LogP contribution >= 0.6 is 0 Å². The minimum Gasteiger partial charge on any atom is -0.426 e. The monoisotopic (exact) mass is 496 g/mol. The van der Waals surface area contributed by atoms with Crippen LogP contribution in [0, 0.1) is 39.4 Å². The first-order valence-electron chi connectivity index (χ1n) is 14.2.